The molecule has 1 heteroatoms. The van der Waals surface area contributed by atoms with Crippen LogP contribution in [0.5, 0.6) is 0 Å². The smallest absolute Gasteiger partial charge is 0.0466 e. The van der Waals surface area contributed by atoms with E-state index in [0.29, 0.717) is 0 Å². The highest BCUT2D eigenvalue weighted by Gasteiger charge is 1.94. The van der Waals surface area contributed by atoms with Crippen LogP contribution in [0, 0.1) is 6.92 Å². The van der Waals surface area contributed by atoms with Crippen LogP contribution in [-0.4, -0.2) is 13.2 Å². The summed E-state index contributed by atoms with van der Waals surface area (Å²) in [6.07, 6.45) is 23.3. The van der Waals surface area contributed by atoms with Gasteiger partial charge in [-0.3, -0.25) is 0 Å². The lowest BCUT2D eigenvalue weighted by Gasteiger charge is -2.04. The lowest BCUT2D eigenvalue weighted by Crippen LogP contribution is -1.96. The van der Waals surface area contributed by atoms with Crippen molar-refractivity contribution in [3.05, 3.63) is 6.92 Å². The van der Waals surface area contributed by atoms with Gasteiger partial charge in [-0.25, -0.2) is 0 Å². The average molecular weight is 312 g/mol. The predicted octanol–water partition coefficient (Wildman–Crippen LogP) is 7.49. The first-order valence-corrected chi connectivity index (χ1v) is 10.3. The van der Waals surface area contributed by atoms with Crippen LogP contribution in [0.3, 0.4) is 0 Å². The van der Waals surface area contributed by atoms with E-state index in [-0.39, 0.29) is 0 Å². The van der Waals surface area contributed by atoms with Crippen LogP contribution in [0.15, 0.2) is 0 Å². The fourth-order valence-corrected chi connectivity index (χ4v) is 2.88. The van der Waals surface area contributed by atoms with Gasteiger partial charge in [0.05, 0.1) is 0 Å². The Bertz CT molecular complexity index is 159. The van der Waals surface area contributed by atoms with Gasteiger partial charge in [0.1, 0.15) is 0 Å². The number of hydrogen-bond donors (Lipinski definition) is 0. The zero-order valence-electron chi connectivity index (χ0n) is 15.6. The second-order valence-corrected chi connectivity index (χ2v) is 6.77. The van der Waals surface area contributed by atoms with E-state index in [1.165, 1.54) is 103 Å². The van der Waals surface area contributed by atoms with Crippen molar-refractivity contribution in [1.82, 2.24) is 0 Å². The van der Waals surface area contributed by atoms with E-state index in [2.05, 4.69) is 13.8 Å². The summed E-state index contributed by atoms with van der Waals surface area (Å²) in [4.78, 5) is 0. The predicted molar refractivity (Wildman–Crippen MR) is 100 cm³/mol. The molecule has 0 N–H and O–H groups in total. The molecule has 0 bridgehead atoms. The summed E-state index contributed by atoms with van der Waals surface area (Å²) in [5, 5.41) is 0. The molecule has 0 aromatic rings. The minimum Gasteiger partial charge on any atom is -0.381 e. The molecule has 0 fully saturated rings. The van der Waals surface area contributed by atoms with Gasteiger partial charge in [0.2, 0.25) is 0 Å². The van der Waals surface area contributed by atoms with Gasteiger partial charge in [-0.1, -0.05) is 110 Å². The first-order chi connectivity index (χ1) is 10.9. The van der Waals surface area contributed by atoms with Crippen molar-refractivity contribution in [3.63, 3.8) is 0 Å². The first kappa shape index (κ1) is 22.0. The maximum atomic E-state index is 5.64. The SMILES string of the molecule is [CH2]CCCCCCCCCCCCCCCOCCCCC. The van der Waals surface area contributed by atoms with Crippen molar-refractivity contribution in [2.45, 2.75) is 116 Å². The Morgan fingerprint density at radius 3 is 1.27 bits per heavy atom. The van der Waals surface area contributed by atoms with Crippen LogP contribution in [-0.2, 0) is 4.74 Å². The summed E-state index contributed by atoms with van der Waals surface area (Å²) >= 11 is 0. The van der Waals surface area contributed by atoms with E-state index in [1.54, 1.807) is 0 Å². The standard InChI is InChI=1S/C21H43O/c1-3-5-7-8-9-10-11-12-13-14-15-16-17-19-21-22-20-18-6-4-2/h1,3-21H2,2H3. The van der Waals surface area contributed by atoms with E-state index in [1.807, 2.05) is 0 Å². The van der Waals surface area contributed by atoms with E-state index in [9.17, 15) is 0 Å². The first-order valence-electron chi connectivity index (χ1n) is 10.3. The fourth-order valence-electron chi connectivity index (χ4n) is 2.88. The molecule has 0 heterocycles. The van der Waals surface area contributed by atoms with Gasteiger partial charge >= 0.3 is 0 Å². The third-order valence-electron chi connectivity index (χ3n) is 4.43. The number of ether oxygens (including phenoxy) is 1. The van der Waals surface area contributed by atoms with Crippen molar-refractivity contribution < 1.29 is 4.74 Å². The van der Waals surface area contributed by atoms with E-state index in [4.69, 9.17) is 4.74 Å². The molecule has 0 saturated carbocycles. The molecule has 133 valence electrons. The highest BCUT2D eigenvalue weighted by Crippen LogP contribution is 2.12. The lowest BCUT2D eigenvalue weighted by atomic mass is 10.0. The molecule has 1 radical (unpaired) electrons. The van der Waals surface area contributed by atoms with Crippen LogP contribution in [0.2, 0.25) is 0 Å². The van der Waals surface area contributed by atoms with Crippen LogP contribution in [0.25, 0.3) is 0 Å². The summed E-state index contributed by atoms with van der Waals surface area (Å²) in [6, 6.07) is 0. The van der Waals surface area contributed by atoms with Crippen molar-refractivity contribution in [3.8, 4) is 0 Å². The normalized spacial score (nSPS) is 11.2. The highest BCUT2D eigenvalue weighted by molar-refractivity contribution is 4.50. The number of hydrogen-bond acceptors (Lipinski definition) is 1. The van der Waals surface area contributed by atoms with Gasteiger partial charge in [-0.05, 0) is 12.8 Å². The molecule has 0 saturated heterocycles. The average Bonchev–Trinajstić information content (AvgIpc) is 2.54. The molecule has 0 aliphatic heterocycles. The molecule has 22 heavy (non-hydrogen) atoms. The Labute approximate surface area is 141 Å². The Balaban J connectivity index is 2.91. The summed E-state index contributed by atoms with van der Waals surface area (Å²) in [5.74, 6) is 0. The molecule has 0 spiro atoms. The van der Waals surface area contributed by atoms with Crippen molar-refractivity contribution >= 4 is 0 Å². The lowest BCUT2D eigenvalue weighted by molar-refractivity contribution is 0.126. The van der Waals surface area contributed by atoms with Crippen molar-refractivity contribution in [2.24, 2.45) is 0 Å². The summed E-state index contributed by atoms with van der Waals surface area (Å²) < 4.78 is 5.64. The summed E-state index contributed by atoms with van der Waals surface area (Å²) in [6.45, 7) is 8.09. The number of rotatable bonds is 19. The summed E-state index contributed by atoms with van der Waals surface area (Å²) in [5.41, 5.74) is 0. The minimum atomic E-state index is 0.975. The highest BCUT2D eigenvalue weighted by atomic mass is 16.5. The molecule has 0 aliphatic rings. The fraction of sp³-hybridized carbons (Fsp3) is 0.952. The zero-order chi connectivity index (χ0) is 16.1. The number of unbranched alkanes of at least 4 members (excludes halogenated alkanes) is 15. The van der Waals surface area contributed by atoms with Crippen LogP contribution in [0.4, 0.5) is 0 Å². The molecule has 0 aromatic heterocycles. The van der Waals surface area contributed by atoms with E-state index < -0.39 is 0 Å². The monoisotopic (exact) mass is 311 g/mol. The second kappa shape index (κ2) is 21.0. The molecular formula is C21H43O. The van der Waals surface area contributed by atoms with Crippen LogP contribution in [0.1, 0.15) is 116 Å². The molecular weight excluding hydrogens is 268 g/mol. The van der Waals surface area contributed by atoms with E-state index >= 15 is 0 Å². The van der Waals surface area contributed by atoms with Gasteiger partial charge in [0.25, 0.3) is 0 Å². The molecule has 0 unspecified atom stereocenters. The molecule has 0 aromatic carbocycles. The molecule has 1 nitrogen and oxygen atoms in total. The van der Waals surface area contributed by atoms with Gasteiger partial charge in [0.15, 0.2) is 0 Å². The molecule has 0 atom stereocenters. The van der Waals surface area contributed by atoms with Crippen molar-refractivity contribution in [1.29, 1.82) is 0 Å². The Morgan fingerprint density at radius 2 is 0.864 bits per heavy atom. The largest absolute Gasteiger partial charge is 0.381 e. The molecule has 0 amide bonds. The van der Waals surface area contributed by atoms with Gasteiger partial charge in [-0.15, -0.1) is 0 Å². The second-order valence-electron chi connectivity index (χ2n) is 6.77. The van der Waals surface area contributed by atoms with Gasteiger partial charge in [0, 0.05) is 13.2 Å². The third-order valence-corrected chi connectivity index (χ3v) is 4.43. The Morgan fingerprint density at radius 1 is 0.500 bits per heavy atom. The topological polar surface area (TPSA) is 9.23 Å². The maximum Gasteiger partial charge on any atom is 0.0466 e. The van der Waals surface area contributed by atoms with E-state index in [0.717, 1.165) is 19.6 Å². The molecule has 0 rings (SSSR count). The third kappa shape index (κ3) is 20.0. The molecule has 0 aliphatic carbocycles. The Hall–Kier alpha value is -0.0400. The van der Waals surface area contributed by atoms with Gasteiger partial charge < -0.3 is 4.74 Å². The minimum absolute atomic E-state index is 0.975. The maximum absolute atomic E-state index is 5.64. The quantitative estimate of drug-likeness (QED) is 0.224. The van der Waals surface area contributed by atoms with Gasteiger partial charge in [-0.2, -0.15) is 0 Å². The summed E-state index contributed by atoms with van der Waals surface area (Å²) in [7, 11) is 0. The zero-order valence-corrected chi connectivity index (χ0v) is 15.6. The van der Waals surface area contributed by atoms with Crippen LogP contribution < -0.4 is 0 Å². The van der Waals surface area contributed by atoms with Crippen molar-refractivity contribution in [2.75, 3.05) is 13.2 Å². The Kier molecular flexibility index (Phi) is 20.9. The van der Waals surface area contributed by atoms with Crippen LogP contribution >= 0.6 is 0 Å².